The highest BCUT2D eigenvalue weighted by molar-refractivity contribution is 7.99. The van der Waals surface area contributed by atoms with Crippen LogP contribution in [0.3, 0.4) is 0 Å². The monoisotopic (exact) mass is 417 g/mol. The van der Waals surface area contributed by atoms with Crippen LogP contribution in [0.15, 0.2) is 58.3 Å². The van der Waals surface area contributed by atoms with Crippen molar-refractivity contribution in [1.82, 2.24) is 14.6 Å². The first kappa shape index (κ1) is 20.4. The second-order valence-electron chi connectivity index (χ2n) is 6.54. The highest BCUT2D eigenvalue weighted by Gasteiger charge is 2.17. The van der Waals surface area contributed by atoms with Crippen molar-refractivity contribution in [3.05, 3.63) is 59.8 Å². The van der Waals surface area contributed by atoms with E-state index in [0.717, 1.165) is 21.3 Å². The van der Waals surface area contributed by atoms with E-state index < -0.39 is 10.0 Å². The number of carbonyl (C=O) groups excluding carboxylic acids is 1. The first-order chi connectivity index (χ1) is 13.3. The molecule has 2 aromatic carbocycles. The number of hydrogen-bond acceptors (Lipinski definition) is 4. The highest BCUT2D eigenvalue weighted by atomic mass is 32.2. The van der Waals surface area contributed by atoms with Gasteiger partial charge in [-0.3, -0.25) is 4.79 Å². The van der Waals surface area contributed by atoms with Crippen LogP contribution in [0.4, 0.5) is 0 Å². The third-order valence-electron chi connectivity index (χ3n) is 4.36. The third kappa shape index (κ3) is 4.24. The van der Waals surface area contributed by atoms with Crippen LogP contribution < -0.4 is 5.32 Å². The second kappa shape index (κ2) is 8.38. The van der Waals surface area contributed by atoms with Gasteiger partial charge in [0.2, 0.25) is 10.0 Å². The van der Waals surface area contributed by atoms with Crippen LogP contribution in [0.5, 0.6) is 0 Å². The van der Waals surface area contributed by atoms with E-state index in [9.17, 15) is 13.2 Å². The van der Waals surface area contributed by atoms with Crippen molar-refractivity contribution in [2.24, 2.45) is 0 Å². The summed E-state index contributed by atoms with van der Waals surface area (Å²) in [6.45, 7) is 2.56. The van der Waals surface area contributed by atoms with Crippen LogP contribution in [0.2, 0.25) is 0 Å². The summed E-state index contributed by atoms with van der Waals surface area (Å²) in [7, 11) is -0.542. The largest absolute Gasteiger partial charge is 0.358 e. The van der Waals surface area contributed by atoms with E-state index in [1.54, 1.807) is 11.8 Å². The molecule has 28 heavy (non-hydrogen) atoms. The Hall–Kier alpha value is -2.29. The molecule has 8 heteroatoms. The summed E-state index contributed by atoms with van der Waals surface area (Å²) >= 11 is 1.70. The number of aryl methyl sites for hydroxylation is 1. The molecule has 0 bridgehead atoms. The number of aromatic nitrogens is 1. The Morgan fingerprint density at radius 1 is 1.11 bits per heavy atom. The van der Waals surface area contributed by atoms with Gasteiger partial charge in [-0.15, -0.1) is 11.8 Å². The molecule has 0 spiro atoms. The van der Waals surface area contributed by atoms with E-state index in [-0.39, 0.29) is 10.8 Å². The lowest BCUT2D eigenvalue weighted by Crippen LogP contribution is -2.26. The van der Waals surface area contributed by atoms with Crippen molar-refractivity contribution < 1.29 is 13.2 Å². The molecule has 1 amide bonds. The van der Waals surface area contributed by atoms with Crippen LogP contribution in [0.1, 0.15) is 16.1 Å². The molecule has 1 heterocycles. The van der Waals surface area contributed by atoms with Gasteiger partial charge in [-0.25, -0.2) is 12.7 Å². The normalized spacial score (nSPS) is 11.9. The van der Waals surface area contributed by atoms with Crippen LogP contribution >= 0.6 is 11.8 Å². The average Bonchev–Trinajstić information content (AvgIpc) is 3.00. The van der Waals surface area contributed by atoms with Gasteiger partial charge in [-0.05, 0) is 37.3 Å². The van der Waals surface area contributed by atoms with Gasteiger partial charge in [-0.1, -0.05) is 18.2 Å². The smallest absolute Gasteiger partial charge is 0.251 e. The van der Waals surface area contributed by atoms with Gasteiger partial charge >= 0.3 is 0 Å². The number of rotatable bonds is 7. The number of nitrogens with one attached hydrogen (secondary N) is 2. The number of nitrogens with zero attached hydrogens (tertiary/aromatic N) is 1. The maximum atomic E-state index is 12.3. The Morgan fingerprint density at radius 3 is 2.46 bits per heavy atom. The van der Waals surface area contributed by atoms with Gasteiger partial charge in [0.25, 0.3) is 5.91 Å². The quantitative estimate of drug-likeness (QED) is 0.457. The standard InChI is InChI=1S/C20H23N3O3S2/c1-14-19(17-6-4-5-7-18(17)22-14)27-13-12-21-20(24)15-8-10-16(11-9-15)28(25,26)23(2)3/h4-11,22H,12-13H2,1-3H3,(H,21,24). The Kier molecular flexibility index (Phi) is 6.12. The number of amides is 1. The lowest BCUT2D eigenvalue weighted by Gasteiger charge is -2.11. The number of H-pyrrole nitrogens is 1. The molecule has 0 aliphatic rings. The molecule has 0 radical (unpaired) electrons. The summed E-state index contributed by atoms with van der Waals surface area (Å²) in [5.74, 6) is 0.520. The molecule has 6 nitrogen and oxygen atoms in total. The van der Waals surface area contributed by atoms with E-state index in [0.29, 0.717) is 12.1 Å². The minimum atomic E-state index is -3.49. The summed E-state index contributed by atoms with van der Waals surface area (Å²) in [4.78, 5) is 17.0. The fourth-order valence-electron chi connectivity index (χ4n) is 2.85. The minimum absolute atomic E-state index is 0.166. The van der Waals surface area contributed by atoms with Crippen molar-refractivity contribution >= 4 is 38.6 Å². The fraction of sp³-hybridized carbons (Fsp3) is 0.250. The SMILES string of the molecule is Cc1[nH]c2ccccc2c1SCCNC(=O)c1ccc(S(=O)(=O)N(C)C)cc1. The zero-order chi connectivity index (χ0) is 20.3. The lowest BCUT2D eigenvalue weighted by molar-refractivity contribution is 0.0956. The molecule has 0 fully saturated rings. The molecule has 0 aliphatic heterocycles. The zero-order valence-corrected chi connectivity index (χ0v) is 17.7. The molecular formula is C20H23N3O3S2. The summed E-state index contributed by atoms with van der Waals surface area (Å²) in [6, 6.07) is 14.1. The zero-order valence-electron chi connectivity index (χ0n) is 16.0. The number of aromatic amines is 1. The molecule has 148 valence electrons. The molecule has 2 N–H and O–H groups in total. The van der Waals surface area contributed by atoms with E-state index in [1.807, 2.05) is 25.1 Å². The Bertz CT molecular complexity index is 1090. The Morgan fingerprint density at radius 2 is 1.79 bits per heavy atom. The van der Waals surface area contributed by atoms with Crippen LogP contribution in [-0.2, 0) is 10.0 Å². The van der Waals surface area contributed by atoms with Gasteiger partial charge in [0.05, 0.1) is 4.90 Å². The Balaban J connectivity index is 1.56. The number of sulfonamides is 1. The van der Waals surface area contributed by atoms with Crippen molar-refractivity contribution in [1.29, 1.82) is 0 Å². The van der Waals surface area contributed by atoms with Gasteiger partial charge in [0.1, 0.15) is 0 Å². The van der Waals surface area contributed by atoms with Gasteiger partial charge in [0, 0.05) is 53.4 Å². The number of benzene rings is 2. The van der Waals surface area contributed by atoms with Crippen LogP contribution in [0.25, 0.3) is 10.9 Å². The Labute approximate surface area is 169 Å². The van der Waals surface area contributed by atoms with Crippen LogP contribution in [-0.4, -0.2) is 50.0 Å². The predicted octanol–water partition coefficient (Wildman–Crippen LogP) is 3.25. The molecule has 3 rings (SSSR count). The first-order valence-electron chi connectivity index (χ1n) is 8.81. The summed E-state index contributed by atoms with van der Waals surface area (Å²) < 4.78 is 25.3. The number of para-hydroxylation sites is 1. The van der Waals surface area contributed by atoms with Gasteiger partial charge in [0.15, 0.2) is 0 Å². The molecule has 0 atom stereocenters. The maximum absolute atomic E-state index is 12.3. The fourth-order valence-corrected chi connectivity index (χ4v) is 4.76. The number of thioether (sulfide) groups is 1. The molecular weight excluding hydrogens is 394 g/mol. The number of hydrogen-bond donors (Lipinski definition) is 2. The van der Waals surface area contributed by atoms with E-state index in [2.05, 4.69) is 16.4 Å². The van der Waals surface area contributed by atoms with E-state index in [1.165, 1.54) is 48.6 Å². The van der Waals surface area contributed by atoms with E-state index >= 15 is 0 Å². The number of fused-ring (bicyclic) bond motifs is 1. The average molecular weight is 418 g/mol. The molecule has 0 unspecified atom stereocenters. The van der Waals surface area contributed by atoms with Gasteiger partial charge in [-0.2, -0.15) is 0 Å². The van der Waals surface area contributed by atoms with Crippen LogP contribution in [0, 0.1) is 6.92 Å². The molecule has 0 saturated carbocycles. The summed E-state index contributed by atoms with van der Waals surface area (Å²) in [5.41, 5.74) is 2.67. The topological polar surface area (TPSA) is 82.3 Å². The first-order valence-corrected chi connectivity index (χ1v) is 11.2. The summed E-state index contributed by atoms with van der Waals surface area (Å²) in [5, 5.41) is 4.07. The maximum Gasteiger partial charge on any atom is 0.251 e. The summed E-state index contributed by atoms with van der Waals surface area (Å²) in [6.07, 6.45) is 0. The third-order valence-corrected chi connectivity index (χ3v) is 7.42. The van der Waals surface area contributed by atoms with Gasteiger partial charge < -0.3 is 10.3 Å². The van der Waals surface area contributed by atoms with Crippen molar-refractivity contribution in [3.63, 3.8) is 0 Å². The minimum Gasteiger partial charge on any atom is -0.358 e. The molecule has 1 aromatic heterocycles. The number of carbonyl (C=O) groups is 1. The molecule has 3 aromatic rings. The van der Waals surface area contributed by atoms with E-state index in [4.69, 9.17) is 0 Å². The predicted molar refractivity (Wildman–Crippen MR) is 113 cm³/mol. The molecule has 0 aliphatic carbocycles. The lowest BCUT2D eigenvalue weighted by atomic mass is 10.2. The second-order valence-corrected chi connectivity index (χ2v) is 9.80. The highest BCUT2D eigenvalue weighted by Crippen LogP contribution is 2.30. The van der Waals surface area contributed by atoms with Crippen molar-refractivity contribution in [2.45, 2.75) is 16.7 Å². The van der Waals surface area contributed by atoms with Crippen molar-refractivity contribution in [2.75, 3.05) is 26.4 Å². The van der Waals surface area contributed by atoms with Crippen molar-refractivity contribution in [3.8, 4) is 0 Å². The molecule has 0 saturated heterocycles.